The summed E-state index contributed by atoms with van der Waals surface area (Å²) in [4.78, 5) is 12.1. The van der Waals surface area contributed by atoms with E-state index in [9.17, 15) is 4.79 Å². The summed E-state index contributed by atoms with van der Waals surface area (Å²) in [6, 6.07) is 8.17. The molecule has 2 nitrogen and oxygen atoms in total. The van der Waals surface area contributed by atoms with Gasteiger partial charge in [-0.1, -0.05) is 35.9 Å². The van der Waals surface area contributed by atoms with Gasteiger partial charge in [-0.05, 0) is 50.3 Å². The summed E-state index contributed by atoms with van der Waals surface area (Å²) in [6.07, 6.45) is 3.83. The third-order valence-electron chi connectivity index (χ3n) is 3.44. The highest BCUT2D eigenvalue weighted by Crippen LogP contribution is 2.32. The molecule has 0 bridgehead atoms. The van der Waals surface area contributed by atoms with Gasteiger partial charge < -0.3 is 4.74 Å². The zero-order valence-electron chi connectivity index (χ0n) is 11.8. The van der Waals surface area contributed by atoms with Crippen LogP contribution in [0.4, 0.5) is 0 Å². The number of ether oxygens (including phenoxy) is 1. The van der Waals surface area contributed by atoms with Crippen LogP contribution < -0.4 is 0 Å². The molecule has 0 unspecified atom stereocenters. The van der Waals surface area contributed by atoms with Crippen LogP contribution in [0.5, 0.6) is 0 Å². The Hall–Kier alpha value is -1.83. The predicted molar refractivity (Wildman–Crippen MR) is 77.7 cm³/mol. The second-order valence-electron chi connectivity index (χ2n) is 4.92. The smallest absolute Gasteiger partial charge is 0.334 e. The van der Waals surface area contributed by atoms with E-state index >= 15 is 0 Å². The summed E-state index contributed by atoms with van der Waals surface area (Å²) in [5.74, 6) is -0.176. The van der Waals surface area contributed by atoms with Gasteiger partial charge in [0.05, 0.1) is 6.61 Å². The van der Waals surface area contributed by atoms with Crippen LogP contribution in [0.3, 0.4) is 0 Å². The minimum atomic E-state index is -0.176. The second-order valence-corrected chi connectivity index (χ2v) is 4.92. The Morgan fingerprint density at radius 3 is 2.63 bits per heavy atom. The number of carbonyl (C=O) groups is 1. The molecule has 2 heteroatoms. The standard InChI is InChI=1S/C17H20O2/c1-4-19-17(18)15-10-9-12(2)11-16(15)14-8-6-5-7-13(14)3/h5-8,11H,4,9-10H2,1-3H3. The van der Waals surface area contributed by atoms with Crippen molar-refractivity contribution in [2.45, 2.75) is 33.6 Å². The molecule has 0 aromatic heterocycles. The fourth-order valence-corrected chi connectivity index (χ4v) is 2.41. The molecule has 0 aliphatic heterocycles. The lowest BCUT2D eigenvalue weighted by atomic mass is 9.87. The third-order valence-corrected chi connectivity index (χ3v) is 3.44. The van der Waals surface area contributed by atoms with E-state index in [0.29, 0.717) is 6.61 Å². The lowest BCUT2D eigenvalue weighted by molar-refractivity contribution is -0.138. The van der Waals surface area contributed by atoms with Crippen molar-refractivity contribution >= 4 is 11.5 Å². The first kappa shape index (κ1) is 13.6. The number of carbonyl (C=O) groups excluding carboxylic acids is 1. The zero-order valence-corrected chi connectivity index (χ0v) is 11.8. The van der Waals surface area contributed by atoms with Gasteiger partial charge >= 0.3 is 5.97 Å². The Morgan fingerprint density at radius 2 is 1.95 bits per heavy atom. The first-order valence-corrected chi connectivity index (χ1v) is 6.77. The van der Waals surface area contributed by atoms with Gasteiger partial charge in [-0.25, -0.2) is 4.79 Å². The summed E-state index contributed by atoms with van der Waals surface area (Å²) in [7, 11) is 0. The van der Waals surface area contributed by atoms with Crippen molar-refractivity contribution in [3.05, 3.63) is 52.6 Å². The molecule has 0 atom stereocenters. The van der Waals surface area contributed by atoms with Gasteiger partial charge in [0.15, 0.2) is 0 Å². The molecular weight excluding hydrogens is 236 g/mol. The lowest BCUT2D eigenvalue weighted by Gasteiger charge is -2.19. The Labute approximate surface area is 114 Å². The largest absolute Gasteiger partial charge is 0.463 e. The van der Waals surface area contributed by atoms with Crippen LogP contribution in [0.2, 0.25) is 0 Å². The van der Waals surface area contributed by atoms with E-state index in [0.717, 1.165) is 29.6 Å². The number of rotatable bonds is 3. The molecule has 0 radical (unpaired) electrons. The predicted octanol–water partition coefficient (Wildman–Crippen LogP) is 4.05. The molecule has 100 valence electrons. The van der Waals surface area contributed by atoms with Crippen molar-refractivity contribution in [2.75, 3.05) is 6.61 Å². The summed E-state index contributed by atoms with van der Waals surface area (Å²) in [5.41, 5.74) is 5.46. The number of esters is 1. The van der Waals surface area contributed by atoms with Crippen molar-refractivity contribution in [1.82, 2.24) is 0 Å². The summed E-state index contributed by atoms with van der Waals surface area (Å²) >= 11 is 0. The molecule has 1 aliphatic carbocycles. The van der Waals surface area contributed by atoms with Gasteiger partial charge in [0.2, 0.25) is 0 Å². The van der Waals surface area contributed by atoms with Gasteiger partial charge in [0.1, 0.15) is 0 Å². The molecule has 0 saturated carbocycles. The van der Waals surface area contributed by atoms with Crippen LogP contribution in [0.1, 0.15) is 37.8 Å². The van der Waals surface area contributed by atoms with E-state index in [1.165, 1.54) is 11.1 Å². The van der Waals surface area contributed by atoms with Crippen molar-refractivity contribution in [2.24, 2.45) is 0 Å². The molecule has 2 rings (SSSR count). The fraction of sp³-hybridized carbons (Fsp3) is 0.353. The topological polar surface area (TPSA) is 26.3 Å². The quantitative estimate of drug-likeness (QED) is 0.762. The van der Waals surface area contributed by atoms with E-state index in [1.54, 1.807) is 0 Å². The molecule has 0 saturated heterocycles. The molecule has 0 spiro atoms. The summed E-state index contributed by atoms with van der Waals surface area (Å²) in [5, 5.41) is 0. The van der Waals surface area contributed by atoms with Crippen LogP contribution in [-0.2, 0) is 9.53 Å². The van der Waals surface area contributed by atoms with Gasteiger partial charge in [-0.2, -0.15) is 0 Å². The van der Waals surface area contributed by atoms with Crippen LogP contribution >= 0.6 is 0 Å². The molecule has 0 amide bonds. The van der Waals surface area contributed by atoms with Gasteiger partial charge in [-0.3, -0.25) is 0 Å². The van der Waals surface area contributed by atoms with E-state index in [4.69, 9.17) is 4.74 Å². The van der Waals surface area contributed by atoms with Crippen LogP contribution in [0.15, 0.2) is 41.5 Å². The van der Waals surface area contributed by atoms with E-state index < -0.39 is 0 Å². The van der Waals surface area contributed by atoms with E-state index in [2.05, 4.69) is 32.1 Å². The van der Waals surface area contributed by atoms with Crippen molar-refractivity contribution in [3.63, 3.8) is 0 Å². The molecule has 0 fully saturated rings. The van der Waals surface area contributed by atoms with Crippen molar-refractivity contribution < 1.29 is 9.53 Å². The highest BCUT2D eigenvalue weighted by atomic mass is 16.5. The first-order chi connectivity index (χ1) is 9.13. The van der Waals surface area contributed by atoms with E-state index in [1.807, 2.05) is 19.1 Å². The average Bonchev–Trinajstić information content (AvgIpc) is 2.39. The van der Waals surface area contributed by atoms with Crippen LogP contribution in [0, 0.1) is 6.92 Å². The average molecular weight is 256 g/mol. The number of aryl methyl sites for hydroxylation is 1. The third kappa shape index (κ3) is 2.95. The number of hydrogen-bond donors (Lipinski definition) is 0. The monoisotopic (exact) mass is 256 g/mol. The SMILES string of the molecule is CCOC(=O)C1=C(c2ccccc2C)C=C(C)CC1. The Balaban J connectivity index is 2.52. The van der Waals surface area contributed by atoms with Crippen LogP contribution in [0.25, 0.3) is 5.57 Å². The van der Waals surface area contributed by atoms with Gasteiger partial charge in [-0.15, -0.1) is 0 Å². The molecule has 1 aliphatic rings. The molecular formula is C17H20O2. The first-order valence-electron chi connectivity index (χ1n) is 6.77. The Bertz CT molecular complexity index is 550. The van der Waals surface area contributed by atoms with E-state index in [-0.39, 0.29) is 5.97 Å². The molecule has 19 heavy (non-hydrogen) atoms. The number of allylic oxidation sites excluding steroid dienone is 3. The maximum atomic E-state index is 12.1. The van der Waals surface area contributed by atoms with Gasteiger partial charge in [0, 0.05) is 5.57 Å². The van der Waals surface area contributed by atoms with Crippen molar-refractivity contribution in [1.29, 1.82) is 0 Å². The van der Waals surface area contributed by atoms with Gasteiger partial charge in [0.25, 0.3) is 0 Å². The zero-order chi connectivity index (χ0) is 13.8. The fourth-order valence-electron chi connectivity index (χ4n) is 2.41. The number of benzene rings is 1. The van der Waals surface area contributed by atoms with Crippen molar-refractivity contribution in [3.8, 4) is 0 Å². The molecule has 1 aromatic carbocycles. The highest BCUT2D eigenvalue weighted by molar-refractivity contribution is 6.01. The van der Waals surface area contributed by atoms with Crippen LogP contribution in [-0.4, -0.2) is 12.6 Å². The molecule has 1 aromatic rings. The minimum absolute atomic E-state index is 0.176. The minimum Gasteiger partial charge on any atom is -0.463 e. The highest BCUT2D eigenvalue weighted by Gasteiger charge is 2.20. The summed E-state index contributed by atoms with van der Waals surface area (Å²) in [6.45, 7) is 6.45. The normalized spacial score (nSPS) is 15.2. The number of hydrogen-bond acceptors (Lipinski definition) is 2. The molecule has 0 heterocycles. The molecule has 0 N–H and O–H groups in total. The maximum Gasteiger partial charge on any atom is 0.334 e. The lowest BCUT2D eigenvalue weighted by Crippen LogP contribution is -2.12. The maximum absolute atomic E-state index is 12.1. The second kappa shape index (κ2) is 5.87. The Morgan fingerprint density at radius 1 is 1.21 bits per heavy atom. The Kier molecular flexibility index (Phi) is 4.20. The summed E-state index contributed by atoms with van der Waals surface area (Å²) < 4.78 is 5.18.